The van der Waals surface area contributed by atoms with Crippen LogP contribution < -0.4 is 4.74 Å². The van der Waals surface area contributed by atoms with E-state index in [0.29, 0.717) is 17.9 Å². The number of fused-ring (bicyclic) bond motifs is 1. The van der Waals surface area contributed by atoms with Crippen LogP contribution >= 0.6 is 0 Å². The lowest BCUT2D eigenvalue weighted by Gasteiger charge is -2.04. The quantitative estimate of drug-likeness (QED) is 0.264. The second kappa shape index (κ2) is 5.36. The molecule has 0 bridgehead atoms. The van der Waals surface area contributed by atoms with Gasteiger partial charge in [-0.15, -0.1) is 0 Å². The second-order valence-corrected chi connectivity index (χ2v) is 4.12. The predicted octanol–water partition coefficient (Wildman–Crippen LogP) is 2.00. The molecule has 0 atom stereocenters. The number of halogens is 1. The van der Waals surface area contributed by atoms with Crippen LogP contribution in [0, 0.1) is 0 Å². The zero-order valence-corrected chi connectivity index (χ0v) is 11.0. The zero-order chi connectivity index (χ0) is 14.9. The molecule has 1 aliphatic heterocycles. The Labute approximate surface area is 113 Å². The van der Waals surface area contributed by atoms with E-state index in [1.807, 2.05) is 6.92 Å². The van der Waals surface area contributed by atoms with Crippen molar-refractivity contribution in [2.45, 2.75) is 26.7 Å². The molecular weight excluding hydrogens is 269 g/mol. The van der Waals surface area contributed by atoms with Gasteiger partial charge in [-0.2, -0.15) is 4.39 Å². The topological polar surface area (TPSA) is 85.9 Å². The number of rotatable bonds is 6. The molecule has 0 N–H and O–H groups in total. The molecule has 106 valence electrons. The van der Waals surface area contributed by atoms with E-state index in [9.17, 15) is 18.8 Å². The van der Waals surface area contributed by atoms with E-state index in [2.05, 4.69) is 4.98 Å². The first-order valence-electron chi connectivity index (χ1n) is 6.17. The number of carbonyl (C=O) groups excluding carboxylic acids is 3. The van der Waals surface area contributed by atoms with Crippen molar-refractivity contribution in [3.8, 4) is 11.5 Å². The third-order valence-corrected chi connectivity index (χ3v) is 2.70. The maximum absolute atomic E-state index is 12.6. The third kappa shape index (κ3) is 2.38. The van der Waals surface area contributed by atoms with Crippen molar-refractivity contribution in [1.82, 2.24) is 4.98 Å². The van der Waals surface area contributed by atoms with Crippen molar-refractivity contribution in [3.05, 3.63) is 17.0 Å². The number of hydrogen-bond donors (Lipinski definition) is 0. The van der Waals surface area contributed by atoms with Gasteiger partial charge >= 0.3 is 12.0 Å². The molecule has 0 saturated carbocycles. The van der Waals surface area contributed by atoms with Crippen LogP contribution in [0.4, 0.5) is 4.39 Å². The summed E-state index contributed by atoms with van der Waals surface area (Å²) in [7, 11) is 0. The van der Waals surface area contributed by atoms with Crippen LogP contribution in [0.15, 0.2) is 0 Å². The van der Waals surface area contributed by atoms with Crippen LogP contribution in [0.2, 0.25) is 0 Å². The summed E-state index contributed by atoms with van der Waals surface area (Å²) in [5.41, 5.74) is -0.332. The molecule has 0 aromatic carbocycles. The van der Waals surface area contributed by atoms with Crippen molar-refractivity contribution in [2.24, 2.45) is 0 Å². The molecule has 0 unspecified atom stereocenters. The fourth-order valence-corrected chi connectivity index (χ4v) is 1.84. The highest BCUT2D eigenvalue weighted by Crippen LogP contribution is 2.51. The number of aromatic nitrogens is 1. The maximum atomic E-state index is 12.6. The first-order valence-corrected chi connectivity index (χ1v) is 6.17. The highest BCUT2D eigenvalue weighted by Gasteiger charge is 2.40. The minimum absolute atomic E-state index is 0.0440. The molecule has 0 spiro atoms. The van der Waals surface area contributed by atoms with Gasteiger partial charge in [0, 0.05) is 0 Å². The number of ketones is 1. The largest absolute Gasteiger partial charge is 0.461 e. The van der Waals surface area contributed by atoms with Gasteiger partial charge in [-0.25, -0.2) is 9.78 Å². The van der Waals surface area contributed by atoms with E-state index in [-0.39, 0.29) is 18.1 Å². The molecule has 0 aliphatic carbocycles. The first-order chi connectivity index (χ1) is 9.51. The standard InChI is InChI=1S/C13H12FNO5/c1-3-5-6-10-11(20-10)7(9(16)12(14)17)8(15-6)13(18)19-4-2/h3-5H2,1-2H3. The maximum Gasteiger partial charge on any atom is 0.372 e. The predicted molar refractivity (Wildman–Crippen MR) is 64.7 cm³/mol. The Morgan fingerprint density at radius 1 is 1.25 bits per heavy atom. The Bertz CT molecular complexity index is 611. The van der Waals surface area contributed by atoms with Crippen LogP contribution in [0.25, 0.3) is 0 Å². The lowest BCUT2D eigenvalue weighted by Crippen LogP contribution is -2.17. The summed E-state index contributed by atoms with van der Waals surface area (Å²) < 4.78 is 22.5. The van der Waals surface area contributed by atoms with Gasteiger partial charge in [0.2, 0.25) is 0 Å². The molecule has 2 rings (SSSR count). The summed E-state index contributed by atoms with van der Waals surface area (Å²) in [6.45, 7) is 3.56. The minimum Gasteiger partial charge on any atom is -0.461 e. The smallest absolute Gasteiger partial charge is 0.372 e. The van der Waals surface area contributed by atoms with Gasteiger partial charge in [0.25, 0.3) is 5.78 Å². The molecule has 1 aromatic heterocycles. The van der Waals surface area contributed by atoms with Gasteiger partial charge in [-0.1, -0.05) is 13.3 Å². The fraction of sp³-hybridized carbons (Fsp3) is 0.385. The summed E-state index contributed by atoms with van der Waals surface area (Å²) in [4.78, 5) is 38.0. The van der Waals surface area contributed by atoms with Gasteiger partial charge in [0.15, 0.2) is 17.2 Å². The van der Waals surface area contributed by atoms with E-state index in [1.54, 1.807) is 6.92 Å². The van der Waals surface area contributed by atoms with Crippen molar-refractivity contribution < 1.29 is 28.2 Å². The number of esters is 1. The zero-order valence-electron chi connectivity index (χ0n) is 11.0. The molecule has 0 fully saturated rings. The van der Waals surface area contributed by atoms with Gasteiger partial charge in [-0.05, 0) is 13.3 Å². The van der Waals surface area contributed by atoms with Gasteiger partial charge in [0.1, 0.15) is 5.56 Å². The molecule has 6 nitrogen and oxygen atoms in total. The highest BCUT2D eigenvalue weighted by atomic mass is 19.1. The number of nitrogens with zero attached hydrogens (tertiary/aromatic N) is 1. The lowest BCUT2D eigenvalue weighted by molar-refractivity contribution is -0.124. The molecule has 0 amide bonds. The minimum atomic E-state index is -2.17. The van der Waals surface area contributed by atoms with Crippen molar-refractivity contribution >= 4 is 17.8 Å². The SMILES string of the molecule is CCCc1nc(C(=O)OCC)c(C(=O)C(=O)F)c2c1O2. The lowest BCUT2D eigenvalue weighted by atomic mass is 10.1. The van der Waals surface area contributed by atoms with Crippen molar-refractivity contribution in [2.75, 3.05) is 6.61 Å². The monoisotopic (exact) mass is 281 g/mol. The molecule has 20 heavy (non-hydrogen) atoms. The van der Waals surface area contributed by atoms with Crippen molar-refractivity contribution in [1.29, 1.82) is 0 Å². The Morgan fingerprint density at radius 2 is 1.95 bits per heavy atom. The van der Waals surface area contributed by atoms with Gasteiger partial charge in [-0.3, -0.25) is 9.59 Å². The molecular formula is C13H12FNO5. The summed E-state index contributed by atoms with van der Waals surface area (Å²) >= 11 is 0. The summed E-state index contributed by atoms with van der Waals surface area (Å²) in [6.07, 6.45) is 1.28. The Morgan fingerprint density at radius 3 is 2.50 bits per heavy atom. The molecule has 7 heteroatoms. The number of pyridine rings is 1. The van der Waals surface area contributed by atoms with Crippen molar-refractivity contribution in [3.63, 3.8) is 0 Å². The summed E-state index contributed by atoms with van der Waals surface area (Å²) in [5.74, 6) is -1.95. The highest BCUT2D eigenvalue weighted by molar-refractivity contribution is 6.42. The normalized spacial score (nSPS) is 11.3. The summed E-state index contributed by atoms with van der Waals surface area (Å²) in [6, 6.07) is -2.17. The van der Waals surface area contributed by atoms with Crippen LogP contribution in [0.1, 0.15) is 46.8 Å². The third-order valence-electron chi connectivity index (χ3n) is 2.70. The molecule has 1 aliphatic rings. The van der Waals surface area contributed by atoms with Crippen LogP contribution in [0.3, 0.4) is 0 Å². The van der Waals surface area contributed by atoms with E-state index in [4.69, 9.17) is 9.47 Å². The van der Waals surface area contributed by atoms with Crippen LogP contribution in [-0.4, -0.2) is 29.4 Å². The number of hydrogen-bond acceptors (Lipinski definition) is 6. The molecule has 1 aromatic rings. The van der Waals surface area contributed by atoms with E-state index in [1.165, 1.54) is 0 Å². The molecule has 0 saturated heterocycles. The Balaban J connectivity index is 2.54. The van der Waals surface area contributed by atoms with Gasteiger partial charge in [0.05, 0.1) is 12.3 Å². The average Bonchev–Trinajstić information content (AvgIpc) is 3.18. The van der Waals surface area contributed by atoms with Crippen LogP contribution in [-0.2, 0) is 16.0 Å². The van der Waals surface area contributed by atoms with E-state index < -0.39 is 23.4 Å². The summed E-state index contributed by atoms with van der Waals surface area (Å²) in [5, 5.41) is 0. The fourth-order valence-electron chi connectivity index (χ4n) is 1.84. The first kappa shape index (κ1) is 14.1. The van der Waals surface area contributed by atoms with E-state index in [0.717, 1.165) is 6.42 Å². The number of aryl methyl sites for hydroxylation is 1. The number of Topliss-reactive ketones (excluding diaryl/α,β-unsaturated/α-hetero) is 1. The molecule has 0 radical (unpaired) electrons. The average molecular weight is 281 g/mol. The van der Waals surface area contributed by atoms with Gasteiger partial charge < -0.3 is 9.47 Å². The number of carbonyl (C=O) groups is 3. The second-order valence-electron chi connectivity index (χ2n) is 4.12. The molecule has 2 heterocycles. The number of ether oxygens (including phenoxy) is 2. The van der Waals surface area contributed by atoms with E-state index >= 15 is 0 Å². The Hall–Kier alpha value is -2.31. The van der Waals surface area contributed by atoms with Crippen LogP contribution in [0.5, 0.6) is 11.5 Å². The Kier molecular flexibility index (Phi) is 3.78.